The van der Waals surface area contributed by atoms with Crippen LogP contribution in [0.1, 0.15) is 92.6 Å². The Kier molecular flexibility index (Phi) is 15.4. The van der Waals surface area contributed by atoms with E-state index in [9.17, 15) is 19.2 Å². The Balaban J connectivity index is 2.91. The van der Waals surface area contributed by atoms with Crippen LogP contribution in [0.3, 0.4) is 0 Å². The number of nitrogens with two attached hydrogens (primary N) is 1. The van der Waals surface area contributed by atoms with Crippen molar-refractivity contribution in [2.24, 2.45) is 23.5 Å². The molecule has 0 saturated carbocycles. The van der Waals surface area contributed by atoms with Gasteiger partial charge in [0, 0.05) is 0 Å². The number of benzene rings is 1. The minimum atomic E-state index is -1.01. The molecule has 0 amide bonds. The average Bonchev–Trinajstić information content (AvgIpc) is 2.88. The fraction of sp³-hybridized carbons (Fsp3) is 0.667. The van der Waals surface area contributed by atoms with E-state index in [4.69, 9.17) is 24.7 Å². The Morgan fingerprint density at radius 3 is 1.72 bits per heavy atom. The zero-order chi connectivity index (χ0) is 29.5. The third kappa shape index (κ3) is 12.2. The maximum Gasteiger partial charge on any atom is 0.323 e. The Hall–Kier alpha value is -2.94. The van der Waals surface area contributed by atoms with E-state index in [0.29, 0.717) is 18.4 Å². The minimum absolute atomic E-state index is 0.0933. The monoisotopic (exact) mass is 549 g/mol. The van der Waals surface area contributed by atoms with E-state index in [0.717, 1.165) is 25.7 Å². The third-order valence-corrected chi connectivity index (χ3v) is 6.34. The van der Waals surface area contributed by atoms with E-state index < -0.39 is 30.1 Å². The molecule has 1 rings (SSSR count). The van der Waals surface area contributed by atoms with Crippen molar-refractivity contribution in [3.05, 3.63) is 23.8 Å². The predicted molar refractivity (Wildman–Crippen MR) is 148 cm³/mol. The molecular formula is C30H47NO8. The Labute approximate surface area is 233 Å². The lowest BCUT2D eigenvalue weighted by molar-refractivity contribution is -0.161. The third-order valence-electron chi connectivity index (χ3n) is 6.34. The molecule has 0 saturated heterocycles. The molecule has 0 aromatic heterocycles. The summed E-state index contributed by atoms with van der Waals surface area (Å²) in [6.07, 6.45) is 4.06. The molecule has 0 radical (unpaired) electrons. The molecule has 39 heavy (non-hydrogen) atoms. The van der Waals surface area contributed by atoms with Crippen molar-refractivity contribution >= 4 is 23.9 Å². The highest BCUT2D eigenvalue weighted by atomic mass is 16.6. The first-order valence-electron chi connectivity index (χ1n) is 14.1. The summed E-state index contributed by atoms with van der Waals surface area (Å²) in [7, 11) is 0. The summed E-state index contributed by atoms with van der Waals surface area (Å²) < 4.78 is 21.8. The lowest BCUT2D eigenvalue weighted by Crippen LogP contribution is -2.36. The van der Waals surface area contributed by atoms with Crippen LogP contribution in [0.2, 0.25) is 0 Å². The summed E-state index contributed by atoms with van der Waals surface area (Å²) in [5.41, 5.74) is 6.68. The van der Waals surface area contributed by atoms with Gasteiger partial charge in [0.05, 0.1) is 17.8 Å². The Bertz CT molecular complexity index is 947. The molecule has 0 aliphatic rings. The van der Waals surface area contributed by atoms with Gasteiger partial charge in [-0.05, 0) is 50.3 Å². The van der Waals surface area contributed by atoms with E-state index in [1.807, 2.05) is 20.8 Å². The van der Waals surface area contributed by atoms with Crippen LogP contribution in [0, 0.1) is 17.8 Å². The predicted octanol–water partition coefficient (Wildman–Crippen LogP) is 5.15. The SMILES string of the molecule is CCCC(C)C(=O)Oc1ccc(C[C@H](N)C(=O)OC[C@H](C)OC(=O)C(C)CCC)cc1OC(=O)C(C)CCC. The number of carbonyl (C=O) groups excluding carboxylic acids is 4. The normalized spacial score (nSPS) is 14.9. The Morgan fingerprint density at radius 1 is 0.718 bits per heavy atom. The van der Waals surface area contributed by atoms with Crippen LogP contribution in [0.15, 0.2) is 18.2 Å². The fourth-order valence-electron chi connectivity index (χ4n) is 3.91. The Morgan fingerprint density at radius 2 is 1.21 bits per heavy atom. The van der Waals surface area contributed by atoms with E-state index in [1.54, 1.807) is 39.8 Å². The van der Waals surface area contributed by atoms with Gasteiger partial charge >= 0.3 is 23.9 Å². The molecule has 220 valence electrons. The molecule has 0 aliphatic heterocycles. The van der Waals surface area contributed by atoms with Crippen molar-refractivity contribution in [2.75, 3.05) is 6.61 Å². The number of ether oxygens (including phenoxy) is 4. The summed E-state index contributed by atoms with van der Waals surface area (Å²) in [5.74, 6) is -2.47. The van der Waals surface area contributed by atoms with Crippen molar-refractivity contribution < 1.29 is 38.1 Å². The van der Waals surface area contributed by atoms with E-state index in [1.165, 1.54) is 6.07 Å². The van der Waals surface area contributed by atoms with Gasteiger partial charge in [0.1, 0.15) is 18.8 Å². The lowest BCUT2D eigenvalue weighted by atomic mass is 10.0. The van der Waals surface area contributed by atoms with Crippen LogP contribution in [0.4, 0.5) is 0 Å². The standard InChI is InChI=1S/C30H47NO8/c1-8-11-19(4)27(32)37-22(7)18-36-30(35)24(31)16-23-14-15-25(38-28(33)20(5)12-9-2)26(17-23)39-29(34)21(6)13-10-3/h14-15,17,19-22,24H,8-13,16,18,31H2,1-7H3/t19?,20?,21?,22-,24-/m0/s1. The molecule has 9 heteroatoms. The van der Waals surface area contributed by atoms with Crippen LogP contribution >= 0.6 is 0 Å². The number of carbonyl (C=O) groups is 4. The van der Waals surface area contributed by atoms with Crippen molar-refractivity contribution in [3.8, 4) is 11.5 Å². The van der Waals surface area contributed by atoms with Gasteiger partial charge in [-0.25, -0.2) is 0 Å². The largest absolute Gasteiger partial charge is 0.461 e. The molecule has 3 unspecified atom stereocenters. The number of hydrogen-bond donors (Lipinski definition) is 1. The van der Waals surface area contributed by atoms with Crippen molar-refractivity contribution in [2.45, 2.75) is 106 Å². The maximum absolute atomic E-state index is 12.6. The van der Waals surface area contributed by atoms with Crippen LogP contribution in [0.5, 0.6) is 11.5 Å². The highest BCUT2D eigenvalue weighted by molar-refractivity contribution is 5.79. The molecule has 1 aromatic carbocycles. The second-order valence-electron chi connectivity index (χ2n) is 10.4. The molecule has 0 fully saturated rings. The van der Waals surface area contributed by atoms with Crippen molar-refractivity contribution in [1.29, 1.82) is 0 Å². The van der Waals surface area contributed by atoms with Gasteiger partial charge in [-0.2, -0.15) is 0 Å². The molecule has 0 aliphatic carbocycles. The molecule has 0 bridgehead atoms. The summed E-state index contributed by atoms with van der Waals surface area (Å²) in [4.78, 5) is 49.7. The van der Waals surface area contributed by atoms with Gasteiger partial charge in [0.2, 0.25) is 0 Å². The lowest BCUT2D eigenvalue weighted by Gasteiger charge is -2.19. The summed E-state index contributed by atoms with van der Waals surface area (Å²) in [5, 5.41) is 0. The van der Waals surface area contributed by atoms with Gasteiger partial charge in [-0.1, -0.05) is 66.9 Å². The van der Waals surface area contributed by atoms with Gasteiger partial charge in [0.25, 0.3) is 0 Å². The number of rotatable bonds is 17. The van der Waals surface area contributed by atoms with Crippen LogP contribution in [-0.4, -0.2) is 42.6 Å². The second-order valence-corrected chi connectivity index (χ2v) is 10.4. The highest BCUT2D eigenvalue weighted by Gasteiger charge is 2.24. The minimum Gasteiger partial charge on any atom is -0.461 e. The molecular weight excluding hydrogens is 502 g/mol. The number of esters is 4. The number of hydrogen-bond acceptors (Lipinski definition) is 9. The quantitative estimate of drug-likeness (QED) is 0.207. The molecule has 1 aromatic rings. The van der Waals surface area contributed by atoms with Crippen LogP contribution in [0.25, 0.3) is 0 Å². The first-order chi connectivity index (χ1) is 18.4. The molecule has 0 heterocycles. The zero-order valence-electron chi connectivity index (χ0n) is 24.6. The van der Waals surface area contributed by atoms with Crippen molar-refractivity contribution in [1.82, 2.24) is 0 Å². The summed E-state index contributed by atoms with van der Waals surface area (Å²) in [6.45, 7) is 12.9. The maximum atomic E-state index is 12.6. The highest BCUT2D eigenvalue weighted by Crippen LogP contribution is 2.31. The van der Waals surface area contributed by atoms with Gasteiger partial charge in [-0.3, -0.25) is 19.2 Å². The smallest absolute Gasteiger partial charge is 0.323 e. The van der Waals surface area contributed by atoms with E-state index >= 15 is 0 Å². The average molecular weight is 550 g/mol. The van der Waals surface area contributed by atoms with E-state index in [2.05, 4.69) is 0 Å². The van der Waals surface area contributed by atoms with Crippen LogP contribution < -0.4 is 15.2 Å². The first kappa shape index (κ1) is 34.1. The van der Waals surface area contributed by atoms with Gasteiger partial charge in [0.15, 0.2) is 11.5 Å². The van der Waals surface area contributed by atoms with E-state index in [-0.39, 0.29) is 48.2 Å². The zero-order valence-corrected chi connectivity index (χ0v) is 24.6. The molecule has 5 atom stereocenters. The molecule has 9 nitrogen and oxygen atoms in total. The first-order valence-corrected chi connectivity index (χ1v) is 14.1. The van der Waals surface area contributed by atoms with Crippen LogP contribution in [-0.2, 0) is 35.1 Å². The fourth-order valence-corrected chi connectivity index (χ4v) is 3.91. The topological polar surface area (TPSA) is 131 Å². The summed E-state index contributed by atoms with van der Waals surface area (Å²) >= 11 is 0. The second kappa shape index (κ2) is 17.6. The van der Waals surface area contributed by atoms with Gasteiger partial charge < -0.3 is 24.7 Å². The molecule has 2 N–H and O–H groups in total. The summed E-state index contributed by atoms with van der Waals surface area (Å²) in [6, 6.07) is 3.74. The molecule has 0 spiro atoms. The van der Waals surface area contributed by atoms with Gasteiger partial charge in [-0.15, -0.1) is 0 Å². The van der Waals surface area contributed by atoms with Crippen molar-refractivity contribution in [3.63, 3.8) is 0 Å².